The van der Waals surface area contributed by atoms with E-state index in [4.69, 9.17) is 9.90 Å². The predicted octanol–water partition coefficient (Wildman–Crippen LogP) is 2.35. The lowest BCUT2D eigenvalue weighted by Crippen LogP contribution is -2.02. The van der Waals surface area contributed by atoms with Crippen molar-refractivity contribution in [3.63, 3.8) is 0 Å². The number of carbonyl (C=O) groups is 1. The van der Waals surface area contributed by atoms with E-state index in [0.29, 0.717) is 0 Å². The maximum atomic E-state index is 8.36. The third kappa shape index (κ3) is 4.22. The van der Waals surface area contributed by atoms with Gasteiger partial charge in [-0.15, -0.1) is 11.3 Å². The van der Waals surface area contributed by atoms with Gasteiger partial charge in [-0.1, -0.05) is 0 Å². The van der Waals surface area contributed by atoms with E-state index in [2.05, 4.69) is 19.5 Å². The van der Waals surface area contributed by atoms with Gasteiger partial charge < -0.3 is 9.67 Å². The van der Waals surface area contributed by atoms with E-state index in [1.165, 1.54) is 0 Å². The molecule has 0 amide bonds. The Balaban J connectivity index is 0.000000497. The highest BCUT2D eigenvalue weighted by molar-refractivity contribution is 7.09. The smallest absolute Gasteiger partial charge is 0.290 e. The molecule has 108 valence electrons. The first-order chi connectivity index (χ1) is 10.3. The lowest BCUT2D eigenvalue weighted by Gasteiger charge is -2.06. The summed E-state index contributed by atoms with van der Waals surface area (Å²) >= 11 is 1.69. The molecule has 0 unspecified atom stereocenters. The van der Waals surface area contributed by atoms with Gasteiger partial charge in [0.25, 0.3) is 6.47 Å². The van der Waals surface area contributed by atoms with Gasteiger partial charge in [-0.05, 0) is 12.1 Å². The van der Waals surface area contributed by atoms with Crippen LogP contribution in [0.25, 0.3) is 11.4 Å². The zero-order chi connectivity index (χ0) is 14.9. The summed E-state index contributed by atoms with van der Waals surface area (Å²) < 4.78 is 2.14. The minimum atomic E-state index is -0.250. The Kier molecular flexibility index (Phi) is 5.60. The molecule has 0 radical (unpaired) electrons. The largest absolute Gasteiger partial charge is 0.483 e. The molecule has 3 rings (SSSR count). The second-order valence-corrected chi connectivity index (χ2v) is 4.95. The van der Waals surface area contributed by atoms with E-state index in [9.17, 15) is 0 Å². The summed E-state index contributed by atoms with van der Waals surface area (Å²) in [5, 5.41) is 10.0. The molecule has 0 aliphatic rings. The standard InChI is InChI=1S/C13H12N4S.CH2O2/c1-2-11(10-14-4-1)13-16-5-8-17(13)7-3-12-15-6-9-18-12;2-1-3/h1-2,4-6,8-10H,3,7H2;1H,(H,2,3). The molecule has 0 fully saturated rings. The summed E-state index contributed by atoms with van der Waals surface area (Å²) in [6.45, 7) is 0.637. The number of hydrogen-bond donors (Lipinski definition) is 1. The Morgan fingerprint density at radius 2 is 2.14 bits per heavy atom. The van der Waals surface area contributed by atoms with Gasteiger partial charge in [-0.25, -0.2) is 9.97 Å². The molecule has 3 aromatic heterocycles. The molecule has 3 heterocycles. The maximum absolute atomic E-state index is 8.36. The molecule has 0 atom stereocenters. The SMILES string of the molecule is O=CO.c1cncc(-c2nccn2CCc2nccs2)c1. The van der Waals surface area contributed by atoms with Crippen LogP contribution in [0.5, 0.6) is 0 Å². The van der Waals surface area contributed by atoms with Crippen LogP contribution < -0.4 is 0 Å². The van der Waals surface area contributed by atoms with Gasteiger partial charge in [0.1, 0.15) is 5.82 Å². The highest BCUT2D eigenvalue weighted by Gasteiger charge is 2.06. The van der Waals surface area contributed by atoms with Crippen molar-refractivity contribution >= 4 is 17.8 Å². The van der Waals surface area contributed by atoms with E-state index in [-0.39, 0.29) is 6.47 Å². The summed E-state index contributed by atoms with van der Waals surface area (Å²) in [6.07, 6.45) is 10.2. The zero-order valence-corrected chi connectivity index (χ0v) is 12.0. The molecular weight excluding hydrogens is 288 g/mol. The van der Waals surface area contributed by atoms with Crippen molar-refractivity contribution in [1.82, 2.24) is 19.5 Å². The van der Waals surface area contributed by atoms with Gasteiger partial charge in [0.2, 0.25) is 0 Å². The van der Waals surface area contributed by atoms with E-state index in [1.807, 2.05) is 42.3 Å². The fraction of sp³-hybridized carbons (Fsp3) is 0.143. The third-order valence-corrected chi connectivity index (χ3v) is 3.52. The summed E-state index contributed by atoms with van der Waals surface area (Å²) in [5.41, 5.74) is 1.04. The molecule has 21 heavy (non-hydrogen) atoms. The summed E-state index contributed by atoms with van der Waals surface area (Å²) in [6, 6.07) is 3.95. The third-order valence-electron chi connectivity index (χ3n) is 2.69. The summed E-state index contributed by atoms with van der Waals surface area (Å²) in [5.74, 6) is 0.958. The van der Waals surface area contributed by atoms with Crippen molar-refractivity contribution in [3.8, 4) is 11.4 Å². The van der Waals surface area contributed by atoms with Crippen molar-refractivity contribution in [2.75, 3.05) is 0 Å². The number of aromatic nitrogens is 4. The van der Waals surface area contributed by atoms with Crippen molar-refractivity contribution in [1.29, 1.82) is 0 Å². The minimum Gasteiger partial charge on any atom is -0.483 e. The fourth-order valence-corrected chi connectivity index (χ4v) is 2.45. The highest BCUT2D eigenvalue weighted by Crippen LogP contribution is 2.16. The fourth-order valence-electron chi connectivity index (χ4n) is 1.84. The zero-order valence-electron chi connectivity index (χ0n) is 11.2. The second-order valence-electron chi connectivity index (χ2n) is 3.97. The molecular formula is C14H14N4O2S. The maximum Gasteiger partial charge on any atom is 0.290 e. The van der Waals surface area contributed by atoms with Crippen LogP contribution in [0.3, 0.4) is 0 Å². The van der Waals surface area contributed by atoms with Crippen LogP contribution in [0.2, 0.25) is 0 Å². The quantitative estimate of drug-likeness (QED) is 0.748. The number of aryl methyl sites for hydroxylation is 2. The topological polar surface area (TPSA) is 80.9 Å². The predicted molar refractivity (Wildman–Crippen MR) is 80.0 cm³/mol. The van der Waals surface area contributed by atoms with Crippen LogP contribution in [0.4, 0.5) is 0 Å². The van der Waals surface area contributed by atoms with Crippen LogP contribution in [-0.2, 0) is 17.8 Å². The molecule has 3 aromatic rings. The molecule has 0 aliphatic heterocycles. The number of nitrogens with zero attached hydrogens (tertiary/aromatic N) is 4. The van der Waals surface area contributed by atoms with Crippen LogP contribution >= 0.6 is 11.3 Å². The summed E-state index contributed by atoms with van der Waals surface area (Å²) in [4.78, 5) is 21.2. The number of carboxylic acid groups (broad SMARTS) is 1. The average Bonchev–Trinajstić information content (AvgIpc) is 3.18. The molecule has 0 saturated carbocycles. The second kappa shape index (κ2) is 7.91. The van der Waals surface area contributed by atoms with Gasteiger partial charge in [0.15, 0.2) is 0 Å². The Morgan fingerprint density at radius 3 is 2.81 bits per heavy atom. The van der Waals surface area contributed by atoms with Gasteiger partial charge in [-0.2, -0.15) is 0 Å². The molecule has 1 N–H and O–H groups in total. The van der Waals surface area contributed by atoms with Crippen LogP contribution in [0.1, 0.15) is 5.01 Å². The monoisotopic (exact) mass is 302 g/mol. The number of pyridine rings is 1. The Hall–Kier alpha value is -2.54. The van der Waals surface area contributed by atoms with Gasteiger partial charge in [0.05, 0.1) is 5.01 Å². The number of rotatable bonds is 4. The van der Waals surface area contributed by atoms with Gasteiger partial charge in [0, 0.05) is 54.9 Å². The van der Waals surface area contributed by atoms with E-state index < -0.39 is 0 Å². The Bertz CT molecular complexity index is 653. The van der Waals surface area contributed by atoms with Crippen molar-refractivity contribution in [2.45, 2.75) is 13.0 Å². The number of imidazole rings is 1. The van der Waals surface area contributed by atoms with Crippen molar-refractivity contribution in [3.05, 3.63) is 53.5 Å². The van der Waals surface area contributed by atoms with Gasteiger partial charge in [-0.3, -0.25) is 9.78 Å². The van der Waals surface area contributed by atoms with E-state index >= 15 is 0 Å². The van der Waals surface area contributed by atoms with Crippen molar-refractivity contribution < 1.29 is 9.90 Å². The molecule has 0 aliphatic carbocycles. The Labute approximate surface area is 125 Å². The van der Waals surface area contributed by atoms with Crippen LogP contribution in [-0.4, -0.2) is 31.1 Å². The molecule has 6 nitrogen and oxygen atoms in total. The molecule has 0 bridgehead atoms. The first kappa shape index (κ1) is 14.9. The number of hydrogen-bond acceptors (Lipinski definition) is 5. The first-order valence-electron chi connectivity index (χ1n) is 6.23. The van der Waals surface area contributed by atoms with E-state index in [0.717, 1.165) is 29.4 Å². The average molecular weight is 302 g/mol. The number of thiazole rings is 1. The highest BCUT2D eigenvalue weighted by atomic mass is 32.1. The lowest BCUT2D eigenvalue weighted by atomic mass is 10.2. The first-order valence-corrected chi connectivity index (χ1v) is 7.11. The molecule has 0 saturated heterocycles. The van der Waals surface area contributed by atoms with Crippen LogP contribution in [0, 0.1) is 0 Å². The van der Waals surface area contributed by atoms with Gasteiger partial charge >= 0.3 is 0 Å². The van der Waals surface area contributed by atoms with Crippen LogP contribution in [0.15, 0.2) is 48.5 Å². The lowest BCUT2D eigenvalue weighted by molar-refractivity contribution is -0.122. The Morgan fingerprint density at radius 1 is 1.29 bits per heavy atom. The molecule has 7 heteroatoms. The molecule has 0 spiro atoms. The minimum absolute atomic E-state index is 0.250. The van der Waals surface area contributed by atoms with Crippen molar-refractivity contribution in [2.24, 2.45) is 0 Å². The molecule has 0 aromatic carbocycles. The van der Waals surface area contributed by atoms with E-state index in [1.54, 1.807) is 17.5 Å². The summed E-state index contributed by atoms with van der Waals surface area (Å²) in [7, 11) is 0. The normalized spacial score (nSPS) is 9.71.